The number of carbonyl (C=O) groups excluding carboxylic acids is 1. The third-order valence-corrected chi connectivity index (χ3v) is 3.23. The van der Waals surface area contributed by atoms with Gasteiger partial charge in [0.2, 0.25) is 0 Å². The van der Waals surface area contributed by atoms with Crippen LogP contribution in [0.3, 0.4) is 0 Å². The lowest BCUT2D eigenvalue weighted by Gasteiger charge is -2.09. The summed E-state index contributed by atoms with van der Waals surface area (Å²) in [5.41, 5.74) is 3.03. The zero-order valence-electron chi connectivity index (χ0n) is 12.5. The van der Waals surface area contributed by atoms with E-state index in [4.69, 9.17) is 0 Å². The summed E-state index contributed by atoms with van der Waals surface area (Å²) in [5.74, 6) is 0.492. The molecular formula is C17H21N3O. The fraction of sp³-hybridized carbons (Fsp3) is 0.294. The third kappa shape index (κ3) is 4.91. The Kier molecular flexibility index (Phi) is 5.32. The quantitative estimate of drug-likeness (QED) is 0.881. The zero-order valence-corrected chi connectivity index (χ0v) is 12.5. The molecule has 0 atom stereocenters. The Bertz CT molecular complexity index is 564. The molecule has 0 aliphatic carbocycles. The highest BCUT2D eigenvalue weighted by molar-refractivity contribution is 5.89. The number of hydrogen-bond acceptors (Lipinski definition) is 2. The van der Waals surface area contributed by atoms with E-state index in [0.717, 1.165) is 17.8 Å². The number of nitrogens with zero attached hydrogens (tertiary/aromatic N) is 1. The number of amides is 2. The van der Waals surface area contributed by atoms with Gasteiger partial charge in [0.1, 0.15) is 0 Å². The van der Waals surface area contributed by atoms with Crippen LogP contribution in [0, 0.1) is 0 Å². The van der Waals surface area contributed by atoms with Crippen molar-refractivity contribution >= 4 is 11.7 Å². The van der Waals surface area contributed by atoms with Crippen LogP contribution in [-0.2, 0) is 6.42 Å². The molecule has 0 spiro atoms. The number of benzene rings is 1. The van der Waals surface area contributed by atoms with E-state index < -0.39 is 0 Å². The van der Waals surface area contributed by atoms with Crippen molar-refractivity contribution in [2.45, 2.75) is 26.2 Å². The molecule has 0 unspecified atom stereocenters. The summed E-state index contributed by atoms with van der Waals surface area (Å²) >= 11 is 0. The van der Waals surface area contributed by atoms with Crippen molar-refractivity contribution in [1.29, 1.82) is 0 Å². The lowest BCUT2D eigenvalue weighted by Crippen LogP contribution is -2.30. The number of anilines is 1. The van der Waals surface area contributed by atoms with Gasteiger partial charge in [0, 0.05) is 30.5 Å². The highest BCUT2D eigenvalue weighted by atomic mass is 16.2. The van der Waals surface area contributed by atoms with E-state index in [-0.39, 0.29) is 6.03 Å². The Balaban J connectivity index is 1.76. The summed E-state index contributed by atoms with van der Waals surface area (Å²) in [4.78, 5) is 16.0. The first-order valence-electron chi connectivity index (χ1n) is 7.20. The first kappa shape index (κ1) is 15.0. The number of urea groups is 1. The summed E-state index contributed by atoms with van der Waals surface area (Å²) in [5, 5.41) is 5.65. The van der Waals surface area contributed by atoms with Crippen molar-refractivity contribution in [1.82, 2.24) is 10.3 Å². The number of aromatic nitrogens is 1. The van der Waals surface area contributed by atoms with Crippen LogP contribution >= 0.6 is 0 Å². The topological polar surface area (TPSA) is 54.0 Å². The van der Waals surface area contributed by atoms with Gasteiger partial charge in [0.15, 0.2) is 0 Å². The van der Waals surface area contributed by atoms with Gasteiger partial charge in [-0.2, -0.15) is 0 Å². The van der Waals surface area contributed by atoms with E-state index in [1.807, 2.05) is 42.5 Å². The van der Waals surface area contributed by atoms with Gasteiger partial charge < -0.3 is 10.6 Å². The first-order chi connectivity index (χ1) is 10.1. The average molecular weight is 283 g/mol. The van der Waals surface area contributed by atoms with Crippen molar-refractivity contribution in [2.24, 2.45) is 0 Å². The molecule has 4 heteroatoms. The molecule has 2 rings (SSSR count). The smallest absolute Gasteiger partial charge is 0.319 e. The molecule has 21 heavy (non-hydrogen) atoms. The molecule has 0 aliphatic heterocycles. The SMILES string of the molecule is CC(C)c1ccc(NC(=O)NCCc2ccccn2)cc1. The minimum absolute atomic E-state index is 0.191. The number of nitrogens with one attached hydrogen (secondary N) is 2. The van der Waals surface area contributed by atoms with E-state index in [0.29, 0.717) is 12.5 Å². The van der Waals surface area contributed by atoms with E-state index in [1.54, 1.807) is 6.20 Å². The van der Waals surface area contributed by atoms with Crippen molar-refractivity contribution < 1.29 is 4.79 Å². The summed E-state index contributed by atoms with van der Waals surface area (Å²) in [7, 11) is 0. The average Bonchev–Trinajstić information content (AvgIpc) is 2.49. The van der Waals surface area contributed by atoms with Gasteiger partial charge in [-0.1, -0.05) is 32.0 Å². The van der Waals surface area contributed by atoms with Crippen molar-refractivity contribution in [3.8, 4) is 0 Å². The normalized spacial score (nSPS) is 10.4. The van der Waals surface area contributed by atoms with Gasteiger partial charge in [0.05, 0.1) is 0 Å². The van der Waals surface area contributed by atoms with Crippen LogP contribution in [0.4, 0.5) is 10.5 Å². The van der Waals surface area contributed by atoms with Gasteiger partial charge in [0.25, 0.3) is 0 Å². The molecule has 0 fully saturated rings. The largest absolute Gasteiger partial charge is 0.337 e. The lowest BCUT2D eigenvalue weighted by molar-refractivity contribution is 0.252. The number of carbonyl (C=O) groups is 1. The van der Waals surface area contributed by atoms with E-state index in [2.05, 4.69) is 29.5 Å². The van der Waals surface area contributed by atoms with E-state index >= 15 is 0 Å². The molecule has 2 amide bonds. The molecule has 2 N–H and O–H groups in total. The minimum atomic E-state index is -0.191. The maximum Gasteiger partial charge on any atom is 0.319 e. The molecule has 0 saturated heterocycles. The van der Waals surface area contributed by atoms with Crippen molar-refractivity contribution in [3.63, 3.8) is 0 Å². The lowest BCUT2D eigenvalue weighted by atomic mass is 10.0. The molecule has 110 valence electrons. The van der Waals surface area contributed by atoms with Crippen molar-refractivity contribution in [3.05, 3.63) is 59.9 Å². The summed E-state index contributed by atoms with van der Waals surface area (Å²) in [6, 6.07) is 13.5. The Labute approximate surface area is 125 Å². The fourth-order valence-electron chi connectivity index (χ4n) is 1.98. The molecule has 1 aromatic carbocycles. The monoisotopic (exact) mass is 283 g/mol. The minimum Gasteiger partial charge on any atom is -0.337 e. The Hall–Kier alpha value is -2.36. The molecule has 0 aliphatic rings. The molecule has 1 heterocycles. The van der Waals surface area contributed by atoms with Gasteiger partial charge >= 0.3 is 6.03 Å². The van der Waals surface area contributed by atoms with Gasteiger partial charge in [-0.25, -0.2) is 4.79 Å². The Morgan fingerprint density at radius 2 is 1.90 bits per heavy atom. The molecule has 0 radical (unpaired) electrons. The zero-order chi connectivity index (χ0) is 15.1. The van der Waals surface area contributed by atoms with Gasteiger partial charge in [-0.15, -0.1) is 0 Å². The Morgan fingerprint density at radius 3 is 2.52 bits per heavy atom. The van der Waals surface area contributed by atoms with Crippen LogP contribution in [0.1, 0.15) is 31.0 Å². The predicted octanol–water partition coefficient (Wildman–Crippen LogP) is 3.57. The fourth-order valence-corrected chi connectivity index (χ4v) is 1.98. The van der Waals surface area contributed by atoms with Crippen LogP contribution in [0.15, 0.2) is 48.7 Å². The first-order valence-corrected chi connectivity index (χ1v) is 7.20. The maximum atomic E-state index is 11.8. The van der Waals surface area contributed by atoms with Crippen LogP contribution in [0.2, 0.25) is 0 Å². The number of pyridine rings is 1. The molecule has 1 aromatic heterocycles. The molecule has 2 aromatic rings. The van der Waals surface area contributed by atoms with Crippen LogP contribution in [0.25, 0.3) is 0 Å². The Morgan fingerprint density at radius 1 is 1.14 bits per heavy atom. The van der Waals surface area contributed by atoms with Gasteiger partial charge in [-0.3, -0.25) is 4.98 Å². The van der Waals surface area contributed by atoms with Crippen LogP contribution < -0.4 is 10.6 Å². The maximum absolute atomic E-state index is 11.8. The van der Waals surface area contributed by atoms with Gasteiger partial charge in [-0.05, 0) is 35.7 Å². The summed E-state index contributed by atoms with van der Waals surface area (Å²) in [6.07, 6.45) is 2.48. The predicted molar refractivity (Wildman–Crippen MR) is 85.5 cm³/mol. The van der Waals surface area contributed by atoms with E-state index in [1.165, 1.54) is 5.56 Å². The van der Waals surface area contributed by atoms with Crippen LogP contribution in [0.5, 0.6) is 0 Å². The second kappa shape index (κ2) is 7.43. The highest BCUT2D eigenvalue weighted by Gasteiger charge is 2.03. The molecular weight excluding hydrogens is 262 g/mol. The van der Waals surface area contributed by atoms with Crippen molar-refractivity contribution in [2.75, 3.05) is 11.9 Å². The molecule has 0 saturated carbocycles. The molecule has 0 bridgehead atoms. The second-order valence-electron chi connectivity index (χ2n) is 5.23. The standard InChI is InChI=1S/C17H21N3O/c1-13(2)14-6-8-16(9-7-14)20-17(21)19-12-10-15-5-3-4-11-18-15/h3-9,11,13H,10,12H2,1-2H3,(H2,19,20,21). The van der Waals surface area contributed by atoms with E-state index in [9.17, 15) is 4.79 Å². The third-order valence-electron chi connectivity index (χ3n) is 3.23. The summed E-state index contributed by atoms with van der Waals surface area (Å²) in [6.45, 7) is 4.85. The summed E-state index contributed by atoms with van der Waals surface area (Å²) < 4.78 is 0. The second-order valence-corrected chi connectivity index (χ2v) is 5.23. The highest BCUT2D eigenvalue weighted by Crippen LogP contribution is 2.16. The number of hydrogen-bond donors (Lipinski definition) is 2. The number of rotatable bonds is 5. The molecule has 4 nitrogen and oxygen atoms in total. The van der Waals surface area contributed by atoms with Crippen LogP contribution in [-0.4, -0.2) is 17.6 Å².